The summed E-state index contributed by atoms with van der Waals surface area (Å²) in [6.45, 7) is 4.67. The van der Waals surface area contributed by atoms with E-state index in [2.05, 4.69) is 17.1 Å². The molecule has 0 amide bonds. The molecule has 1 heterocycles. The Morgan fingerprint density at radius 2 is 1.95 bits per heavy atom. The van der Waals surface area contributed by atoms with Crippen LogP contribution >= 0.6 is 0 Å². The van der Waals surface area contributed by atoms with Gasteiger partial charge in [-0.1, -0.05) is 18.6 Å². The highest BCUT2D eigenvalue weighted by atomic mass is 19.1. The molecular formula is C18H27FN2. The van der Waals surface area contributed by atoms with Crippen molar-refractivity contribution < 1.29 is 4.39 Å². The van der Waals surface area contributed by atoms with Crippen LogP contribution in [0, 0.1) is 5.82 Å². The number of hydrogen-bond donors (Lipinski definition) is 1. The fourth-order valence-corrected chi connectivity index (χ4v) is 3.51. The SMILES string of the molecule is CC(Cc1ccc(F)cc1)N(CC1CCCCN1)C1CC1. The molecule has 0 aromatic heterocycles. The van der Waals surface area contributed by atoms with Crippen LogP contribution in [-0.4, -0.2) is 36.1 Å². The number of rotatable bonds is 6. The van der Waals surface area contributed by atoms with Gasteiger partial charge in [-0.25, -0.2) is 4.39 Å². The first-order chi connectivity index (χ1) is 10.2. The van der Waals surface area contributed by atoms with E-state index in [1.165, 1.54) is 50.8 Å². The van der Waals surface area contributed by atoms with E-state index in [0.29, 0.717) is 12.1 Å². The van der Waals surface area contributed by atoms with Crippen molar-refractivity contribution in [3.05, 3.63) is 35.6 Å². The fraction of sp³-hybridized carbons (Fsp3) is 0.667. The molecule has 116 valence electrons. The van der Waals surface area contributed by atoms with Gasteiger partial charge in [0.05, 0.1) is 0 Å². The van der Waals surface area contributed by atoms with E-state index in [0.717, 1.165) is 12.5 Å². The van der Waals surface area contributed by atoms with Crippen LogP contribution in [0.25, 0.3) is 0 Å². The zero-order chi connectivity index (χ0) is 14.7. The summed E-state index contributed by atoms with van der Waals surface area (Å²) < 4.78 is 13.0. The molecule has 1 saturated heterocycles. The Balaban J connectivity index is 1.58. The van der Waals surface area contributed by atoms with E-state index in [9.17, 15) is 4.39 Å². The highest BCUT2D eigenvalue weighted by Gasteiger charge is 2.33. The Labute approximate surface area is 127 Å². The topological polar surface area (TPSA) is 15.3 Å². The monoisotopic (exact) mass is 290 g/mol. The van der Waals surface area contributed by atoms with Crippen LogP contribution in [0.3, 0.4) is 0 Å². The van der Waals surface area contributed by atoms with Gasteiger partial charge in [-0.15, -0.1) is 0 Å². The number of piperidine rings is 1. The van der Waals surface area contributed by atoms with E-state index >= 15 is 0 Å². The minimum atomic E-state index is -0.142. The van der Waals surface area contributed by atoms with Gasteiger partial charge < -0.3 is 5.32 Å². The van der Waals surface area contributed by atoms with Gasteiger partial charge in [0.1, 0.15) is 5.82 Å². The summed E-state index contributed by atoms with van der Waals surface area (Å²) in [5, 5.41) is 3.67. The summed E-state index contributed by atoms with van der Waals surface area (Å²) >= 11 is 0. The van der Waals surface area contributed by atoms with Gasteiger partial charge in [0.15, 0.2) is 0 Å². The van der Waals surface area contributed by atoms with Crippen molar-refractivity contribution in [1.82, 2.24) is 10.2 Å². The van der Waals surface area contributed by atoms with Crippen LogP contribution in [0.4, 0.5) is 4.39 Å². The third kappa shape index (κ3) is 4.27. The summed E-state index contributed by atoms with van der Waals surface area (Å²) in [4.78, 5) is 2.69. The predicted octanol–water partition coefficient (Wildman–Crippen LogP) is 3.36. The molecule has 2 atom stereocenters. The molecule has 1 aromatic carbocycles. The Hall–Kier alpha value is -0.930. The fourth-order valence-electron chi connectivity index (χ4n) is 3.51. The third-order valence-electron chi connectivity index (χ3n) is 4.87. The number of benzene rings is 1. The van der Waals surface area contributed by atoms with Crippen molar-refractivity contribution in [3.63, 3.8) is 0 Å². The van der Waals surface area contributed by atoms with Crippen molar-refractivity contribution in [1.29, 1.82) is 0 Å². The van der Waals surface area contributed by atoms with E-state index in [4.69, 9.17) is 0 Å². The van der Waals surface area contributed by atoms with Gasteiger partial charge in [-0.05, 0) is 63.3 Å². The molecule has 2 unspecified atom stereocenters. The van der Waals surface area contributed by atoms with E-state index in [-0.39, 0.29) is 5.82 Å². The number of nitrogens with zero attached hydrogens (tertiary/aromatic N) is 1. The highest BCUT2D eigenvalue weighted by Crippen LogP contribution is 2.30. The van der Waals surface area contributed by atoms with Gasteiger partial charge in [0.2, 0.25) is 0 Å². The third-order valence-corrected chi connectivity index (χ3v) is 4.87. The molecule has 0 bridgehead atoms. The van der Waals surface area contributed by atoms with Gasteiger partial charge in [-0.3, -0.25) is 4.90 Å². The van der Waals surface area contributed by atoms with Crippen molar-refractivity contribution in [3.8, 4) is 0 Å². The zero-order valence-corrected chi connectivity index (χ0v) is 13.0. The molecule has 0 radical (unpaired) electrons. The number of hydrogen-bond acceptors (Lipinski definition) is 2. The maximum atomic E-state index is 13.0. The van der Waals surface area contributed by atoms with Crippen LogP contribution < -0.4 is 5.32 Å². The molecule has 3 rings (SSSR count). The maximum absolute atomic E-state index is 13.0. The maximum Gasteiger partial charge on any atom is 0.123 e. The van der Waals surface area contributed by atoms with Crippen molar-refractivity contribution in [2.45, 2.75) is 63.6 Å². The average Bonchev–Trinajstić information content (AvgIpc) is 3.33. The minimum Gasteiger partial charge on any atom is -0.313 e. The van der Waals surface area contributed by atoms with Gasteiger partial charge >= 0.3 is 0 Å². The summed E-state index contributed by atoms with van der Waals surface area (Å²) in [6.07, 6.45) is 7.71. The van der Waals surface area contributed by atoms with E-state index in [1.54, 1.807) is 12.1 Å². The first-order valence-corrected chi connectivity index (χ1v) is 8.46. The molecule has 1 N–H and O–H groups in total. The molecule has 1 aromatic rings. The number of nitrogens with one attached hydrogen (secondary N) is 1. The second kappa shape index (κ2) is 6.89. The smallest absolute Gasteiger partial charge is 0.123 e. The summed E-state index contributed by atoms with van der Waals surface area (Å²) in [5.74, 6) is -0.142. The van der Waals surface area contributed by atoms with Crippen LogP contribution in [0.5, 0.6) is 0 Å². The normalized spacial score (nSPS) is 24.2. The molecule has 1 saturated carbocycles. The highest BCUT2D eigenvalue weighted by molar-refractivity contribution is 5.17. The van der Waals surface area contributed by atoms with E-state index < -0.39 is 0 Å². The average molecular weight is 290 g/mol. The van der Waals surface area contributed by atoms with Crippen LogP contribution in [0.2, 0.25) is 0 Å². The van der Waals surface area contributed by atoms with Gasteiger partial charge in [0, 0.05) is 24.7 Å². The van der Waals surface area contributed by atoms with Crippen molar-refractivity contribution in [2.75, 3.05) is 13.1 Å². The van der Waals surface area contributed by atoms with Crippen LogP contribution in [-0.2, 0) is 6.42 Å². The second-order valence-corrected chi connectivity index (χ2v) is 6.75. The Bertz CT molecular complexity index is 435. The van der Waals surface area contributed by atoms with Gasteiger partial charge in [0.25, 0.3) is 0 Å². The molecule has 1 aliphatic heterocycles. The zero-order valence-electron chi connectivity index (χ0n) is 13.0. The predicted molar refractivity (Wildman–Crippen MR) is 84.9 cm³/mol. The van der Waals surface area contributed by atoms with Crippen LogP contribution in [0.15, 0.2) is 24.3 Å². The lowest BCUT2D eigenvalue weighted by atomic mass is 10.0. The Morgan fingerprint density at radius 1 is 1.19 bits per heavy atom. The molecular weight excluding hydrogens is 263 g/mol. The van der Waals surface area contributed by atoms with E-state index in [1.807, 2.05) is 12.1 Å². The molecule has 1 aliphatic carbocycles. The first kappa shape index (κ1) is 15.0. The summed E-state index contributed by atoms with van der Waals surface area (Å²) in [5.41, 5.74) is 1.24. The standard InChI is InChI=1S/C18H27FN2/c1-14(12-15-5-7-16(19)8-6-15)21(18-9-10-18)13-17-4-2-3-11-20-17/h5-8,14,17-18,20H,2-4,9-13H2,1H3. The Morgan fingerprint density at radius 3 is 2.57 bits per heavy atom. The lowest BCUT2D eigenvalue weighted by Crippen LogP contribution is -2.48. The summed E-state index contributed by atoms with van der Waals surface area (Å²) in [6, 6.07) is 8.98. The Kier molecular flexibility index (Phi) is 4.91. The summed E-state index contributed by atoms with van der Waals surface area (Å²) in [7, 11) is 0. The van der Waals surface area contributed by atoms with Crippen molar-refractivity contribution >= 4 is 0 Å². The quantitative estimate of drug-likeness (QED) is 0.864. The van der Waals surface area contributed by atoms with Gasteiger partial charge in [-0.2, -0.15) is 0 Å². The molecule has 2 fully saturated rings. The number of halogens is 1. The lowest BCUT2D eigenvalue weighted by Gasteiger charge is -2.34. The van der Waals surface area contributed by atoms with Crippen molar-refractivity contribution in [2.24, 2.45) is 0 Å². The minimum absolute atomic E-state index is 0.142. The lowest BCUT2D eigenvalue weighted by molar-refractivity contribution is 0.165. The molecule has 3 heteroatoms. The van der Waals surface area contributed by atoms with Crippen LogP contribution in [0.1, 0.15) is 44.6 Å². The molecule has 0 spiro atoms. The molecule has 21 heavy (non-hydrogen) atoms. The second-order valence-electron chi connectivity index (χ2n) is 6.75. The largest absolute Gasteiger partial charge is 0.313 e. The first-order valence-electron chi connectivity index (χ1n) is 8.46. The molecule has 2 aliphatic rings. The molecule has 2 nitrogen and oxygen atoms in total.